The molecule has 0 saturated heterocycles. The standard InChI is InChI=1S/C12H17N3O3S/c1-8-3-4-10(6-13)5-12(8)19(17,18)15-7-11(14)9(2)16/h3-5,9,11,15-16H,7,14H2,1-2H3. The Morgan fingerprint density at radius 1 is 1.53 bits per heavy atom. The Balaban J connectivity index is 2.98. The maximum absolute atomic E-state index is 12.1. The van der Waals surface area contributed by atoms with Crippen molar-refractivity contribution in [3.63, 3.8) is 0 Å². The van der Waals surface area contributed by atoms with Crippen LogP contribution in [0.25, 0.3) is 0 Å². The van der Waals surface area contributed by atoms with Gasteiger partial charge in [-0.05, 0) is 31.5 Å². The minimum Gasteiger partial charge on any atom is -0.392 e. The Kier molecular flexibility index (Phi) is 5.03. The summed E-state index contributed by atoms with van der Waals surface area (Å²) >= 11 is 0. The maximum Gasteiger partial charge on any atom is 0.240 e. The monoisotopic (exact) mass is 283 g/mol. The van der Waals surface area contributed by atoms with E-state index in [1.54, 1.807) is 19.1 Å². The number of nitriles is 1. The number of nitrogens with two attached hydrogens (primary N) is 1. The van der Waals surface area contributed by atoms with Crippen LogP contribution < -0.4 is 10.5 Å². The van der Waals surface area contributed by atoms with Gasteiger partial charge in [0, 0.05) is 12.6 Å². The van der Waals surface area contributed by atoms with E-state index >= 15 is 0 Å². The molecule has 2 atom stereocenters. The largest absolute Gasteiger partial charge is 0.392 e. The number of aliphatic hydroxyl groups is 1. The molecular weight excluding hydrogens is 266 g/mol. The first-order valence-electron chi connectivity index (χ1n) is 5.72. The Bertz CT molecular complexity index is 591. The number of hydrogen-bond acceptors (Lipinski definition) is 5. The van der Waals surface area contributed by atoms with Gasteiger partial charge in [-0.15, -0.1) is 0 Å². The molecule has 19 heavy (non-hydrogen) atoms. The van der Waals surface area contributed by atoms with Gasteiger partial charge in [0.05, 0.1) is 22.6 Å². The van der Waals surface area contributed by atoms with Crippen LogP contribution >= 0.6 is 0 Å². The smallest absolute Gasteiger partial charge is 0.240 e. The number of nitrogens with one attached hydrogen (secondary N) is 1. The summed E-state index contributed by atoms with van der Waals surface area (Å²) in [6.45, 7) is 3.06. The molecular formula is C12H17N3O3S. The van der Waals surface area contributed by atoms with E-state index in [9.17, 15) is 13.5 Å². The van der Waals surface area contributed by atoms with Gasteiger partial charge in [-0.25, -0.2) is 13.1 Å². The van der Waals surface area contributed by atoms with E-state index < -0.39 is 22.2 Å². The third-order valence-electron chi connectivity index (χ3n) is 2.74. The summed E-state index contributed by atoms with van der Waals surface area (Å²) in [6.07, 6.45) is -0.811. The van der Waals surface area contributed by atoms with Gasteiger partial charge in [-0.3, -0.25) is 0 Å². The molecule has 0 bridgehead atoms. The minimum atomic E-state index is -3.74. The number of rotatable bonds is 5. The van der Waals surface area contributed by atoms with Gasteiger partial charge < -0.3 is 10.8 Å². The molecule has 0 radical (unpaired) electrons. The van der Waals surface area contributed by atoms with Gasteiger partial charge in [-0.2, -0.15) is 5.26 Å². The van der Waals surface area contributed by atoms with Crippen molar-refractivity contribution in [1.82, 2.24) is 4.72 Å². The highest BCUT2D eigenvalue weighted by Crippen LogP contribution is 2.16. The third-order valence-corrected chi connectivity index (χ3v) is 4.30. The molecule has 1 rings (SSSR count). The van der Waals surface area contributed by atoms with Crippen molar-refractivity contribution in [1.29, 1.82) is 5.26 Å². The van der Waals surface area contributed by atoms with Crippen LogP contribution in [0.3, 0.4) is 0 Å². The van der Waals surface area contributed by atoms with E-state index in [0.717, 1.165) is 0 Å². The van der Waals surface area contributed by atoms with Gasteiger partial charge in [0.25, 0.3) is 0 Å². The summed E-state index contributed by atoms with van der Waals surface area (Å²) < 4.78 is 26.5. The maximum atomic E-state index is 12.1. The topological polar surface area (TPSA) is 116 Å². The number of hydrogen-bond donors (Lipinski definition) is 3. The second kappa shape index (κ2) is 6.12. The lowest BCUT2D eigenvalue weighted by Gasteiger charge is -2.16. The molecule has 1 aromatic rings. The first-order valence-corrected chi connectivity index (χ1v) is 7.20. The quantitative estimate of drug-likeness (QED) is 0.695. The summed E-state index contributed by atoms with van der Waals surface area (Å²) in [4.78, 5) is 0.0457. The van der Waals surface area contributed by atoms with E-state index in [2.05, 4.69) is 4.72 Å². The van der Waals surface area contributed by atoms with E-state index in [-0.39, 0.29) is 17.0 Å². The Morgan fingerprint density at radius 3 is 2.68 bits per heavy atom. The number of aliphatic hydroxyl groups excluding tert-OH is 1. The number of nitrogens with zero attached hydrogens (tertiary/aromatic N) is 1. The van der Waals surface area contributed by atoms with E-state index in [1.807, 2.05) is 6.07 Å². The summed E-state index contributed by atoms with van der Waals surface area (Å²) in [5, 5.41) is 18.0. The summed E-state index contributed by atoms with van der Waals surface area (Å²) in [5.41, 5.74) is 6.37. The minimum absolute atomic E-state index is 0.0457. The first-order chi connectivity index (χ1) is 8.77. The molecule has 2 unspecified atom stereocenters. The molecule has 0 heterocycles. The van der Waals surface area contributed by atoms with Crippen LogP contribution in [0.4, 0.5) is 0 Å². The average molecular weight is 283 g/mol. The molecule has 4 N–H and O–H groups in total. The Hall–Kier alpha value is -1.46. The molecule has 0 amide bonds. The van der Waals surface area contributed by atoms with Gasteiger partial charge in [0.2, 0.25) is 10.0 Å². The van der Waals surface area contributed by atoms with Crippen molar-refractivity contribution < 1.29 is 13.5 Å². The number of aryl methyl sites for hydroxylation is 1. The molecule has 7 heteroatoms. The van der Waals surface area contributed by atoms with Crippen LogP contribution in [-0.4, -0.2) is 32.2 Å². The second-order valence-electron chi connectivity index (χ2n) is 4.35. The summed E-state index contributed by atoms with van der Waals surface area (Å²) in [6, 6.07) is 5.64. The second-order valence-corrected chi connectivity index (χ2v) is 6.08. The molecule has 6 nitrogen and oxygen atoms in total. The third kappa shape index (κ3) is 4.01. The zero-order valence-electron chi connectivity index (χ0n) is 10.8. The van der Waals surface area contributed by atoms with Gasteiger partial charge in [-0.1, -0.05) is 6.07 Å². The van der Waals surface area contributed by atoms with Crippen LogP contribution in [0.1, 0.15) is 18.1 Å². The summed E-state index contributed by atoms with van der Waals surface area (Å²) in [7, 11) is -3.74. The SMILES string of the molecule is Cc1ccc(C#N)cc1S(=O)(=O)NCC(N)C(C)O. The highest BCUT2D eigenvalue weighted by atomic mass is 32.2. The molecule has 0 spiro atoms. The van der Waals surface area contributed by atoms with E-state index in [4.69, 9.17) is 11.0 Å². The number of sulfonamides is 1. The van der Waals surface area contributed by atoms with Crippen molar-refractivity contribution in [2.45, 2.75) is 30.9 Å². The van der Waals surface area contributed by atoms with Crippen molar-refractivity contribution in [2.24, 2.45) is 5.73 Å². The van der Waals surface area contributed by atoms with Crippen LogP contribution in [0, 0.1) is 18.3 Å². The van der Waals surface area contributed by atoms with Gasteiger partial charge in [0.1, 0.15) is 0 Å². The first kappa shape index (κ1) is 15.6. The normalized spacial score (nSPS) is 14.7. The predicted octanol–water partition coefficient (Wildman–Crippen LogP) is -0.147. The fourth-order valence-corrected chi connectivity index (χ4v) is 2.75. The molecule has 0 aliphatic carbocycles. The Labute approximate surface area is 112 Å². The van der Waals surface area contributed by atoms with Gasteiger partial charge in [0.15, 0.2) is 0 Å². The Morgan fingerprint density at radius 2 is 2.16 bits per heavy atom. The van der Waals surface area contributed by atoms with Crippen molar-refractivity contribution in [2.75, 3.05) is 6.54 Å². The van der Waals surface area contributed by atoms with Crippen LogP contribution in [0.5, 0.6) is 0 Å². The molecule has 0 saturated carbocycles. The van der Waals surface area contributed by atoms with E-state index in [1.165, 1.54) is 13.0 Å². The van der Waals surface area contributed by atoms with Crippen LogP contribution in [0.2, 0.25) is 0 Å². The lowest BCUT2D eigenvalue weighted by Crippen LogP contribution is -2.43. The molecule has 1 aromatic carbocycles. The molecule has 0 aromatic heterocycles. The van der Waals surface area contributed by atoms with Crippen molar-refractivity contribution in [3.05, 3.63) is 29.3 Å². The average Bonchev–Trinajstić information content (AvgIpc) is 2.36. The van der Waals surface area contributed by atoms with Crippen molar-refractivity contribution in [3.8, 4) is 6.07 Å². The molecule has 0 aliphatic rings. The lowest BCUT2D eigenvalue weighted by atomic mass is 10.2. The highest BCUT2D eigenvalue weighted by Gasteiger charge is 2.19. The highest BCUT2D eigenvalue weighted by molar-refractivity contribution is 7.89. The molecule has 0 aliphatic heterocycles. The zero-order chi connectivity index (χ0) is 14.6. The molecule has 104 valence electrons. The number of benzene rings is 1. The fourth-order valence-electron chi connectivity index (χ4n) is 1.41. The van der Waals surface area contributed by atoms with E-state index in [0.29, 0.717) is 5.56 Å². The van der Waals surface area contributed by atoms with Gasteiger partial charge >= 0.3 is 0 Å². The lowest BCUT2D eigenvalue weighted by molar-refractivity contribution is 0.164. The van der Waals surface area contributed by atoms with Crippen LogP contribution in [0.15, 0.2) is 23.1 Å². The van der Waals surface area contributed by atoms with Crippen molar-refractivity contribution >= 4 is 10.0 Å². The zero-order valence-corrected chi connectivity index (χ0v) is 11.6. The van der Waals surface area contributed by atoms with Crippen LogP contribution in [-0.2, 0) is 10.0 Å². The molecule has 0 fully saturated rings. The fraction of sp³-hybridized carbons (Fsp3) is 0.417. The summed E-state index contributed by atoms with van der Waals surface area (Å²) in [5.74, 6) is 0. The predicted molar refractivity (Wildman–Crippen MR) is 70.7 cm³/mol.